The van der Waals surface area contributed by atoms with E-state index in [1.54, 1.807) is 13.8 Å². The summed E-state index contributed by atoms with van der Waals surface area (Å²) in [5, 5.41) is -0.286. The molecule has 0 unspecified atom stereocenters. The molecule has 1 saturated heterocycles. The molecule has 0 atom stereocenters. The highest BCUT2D eigenvalue weighted by atomic mass is 32.2. The Labute approximate surface area is 122 Å². The summed E-state index contributed by atoms with van der Waals surface area (Å²) >= 11 is 0. The molecule has 0 bridgehead atoms. The Balaban J connectivity index is 1.79. The Bertz CT molecular complexity index is 405. The molecule has 1 aliphatic heterocycles. The summed E-state index contributed by atoms with van der Waals surface area (Å²) in [6.07, 6.45) is 3.86. The summed E-state index contributed by atoms with van der Waals surface area (Å²) in [6.45, 7) is 5.50. The smallest absolute Gasteiger partial charge is 0.168 e. The number of nitrogens with zero attached hydrogens (tertiary/aromatic N) is 1. The lowest BCUT2D eigenvalue weighted by Gasteiger charge is -2.39. The summed E-state index contributed by atoms with van der Waals surface area (Å²) in [5.41, 5.74) is 0. The fraction of sp³-hybridized carbons (Fsp3) is 1.00. The van der Waals surface area contributed by atoms with Gasteiger partial charge in [-0.25, -0.2) is 8.42 Å². The lowest BCUT2D eigenvalue weighted by atomic mass is 9.89. The van der Waals surface area contributed by atoms with Crippen LogP contribution in [0.5, 0.6) is 0 Å². The first-order chi connectivity index (χ1) is 9.35. The molecule has 0 aromatic rings. The predicted octanol–water partition coefficient (Wildman–Crippen LogP) is 1.43. The molecule has 1 heterocycles. The largest absolute Gasteiger partial charge is 0.348 e. The van der Waals surface area contributed by atoms with Crippen LogP contribution in [0.25, 0.3) is 0 Å². The molecular formula is C14H27NO4S. The van der Waals surface area contributed by atoms with Crippen molar-refractivity contribution in [1.29, 1.82) is 0 Å². The maximum atomic E-state index is 11.9. The number of ether oxygens (including phenoxy) is 2. The zero-order valence-electron chi connectivity index (χ0n) is 12.8. The first-order valence-electron chi connectivity index (χ1n) is 7.54. The zero-order chi connectivity index (χ0) is 14.8. The van der Waals surface area contributed by atoms with Gasteiger partial charge in [-0.1, -0.05) is 0 Å². The predicted molar refractivity (Wildman–Crippen MR) is 78.4 cm³/mol. The van der Waals surface area contributed by atoms with E-state index in [0.29, 0.717) is 25.8 Å². The summed E-state index contributed by atoms with van der Waals surface area (Å²) < 4.78 is 35.1. The van der Waals surface area contributed by atoms with Gasteiger partial charge in [0.2, 0.25) is 0 Å². The average Bonchev–Trinajstić information content (AvgIpc) is 2.85. The number of rotatable bonds is 5. The molecule has 5 nitrogen and oxygen atoms in total. The van der Waals surface area contributed by atoms with Gasteiger partial charge < -0.3 is 14.4 Å². The second-order valence-corrected chi connectivity index (χ2v) is 8.91. The van der Waals surface area contributed by atoms with Crippen molar-refractivity contribution in [2.24, 2.45) is 0 Å². The molecule has 6 heteroatoms. The van der Waals surface area contributed by atoms with Gasteiger partial charge in [-0.3, -0.25) is 0 Å². The highest BCUT2D eigenvalue weighted by molar-refractivity contribution is 7.92. The second kappa shape index (κ2) is 6.30. The molecule has 118 valence electrons. The first kappa shape index (κ1) is 16.2. The number of hydrogen-bond donors (Lipinski definition) is 0. The Morgan fingerprint density at radius 1 is 1.20 bits per heavy atom. The van der Waals surface area contributed by atoms with Crippen LogP contribution in [0.3, 0.4) is 0 Å². The molecule has 1 spiro atoms. The third-order valence-electron chi connectivity index (χ3n) is 4.60. The van der Waals surface area contributed by atoms with E-state index in [0.717, 1.165) is 25.7 Å². The number of hydrogen-bond acceptors (Lipinski definition) is 5. The monoisotopic (exact) mass is 305 g/mol. The highest BCUT2D eigenvalue weighted by Crippen LogP contribution is 2.36. The van der Waals surface area contributed by atoms with Gasteiger partial charge in [-0.2, -0.15) is 0 Å². The van der Waals surface area contributed by atoms with E-state index >= 15 is 0 Å². The summed E-state index contributed by atoms with van der Waals surface area (Å²) in [7, 11) is -0.922. The van der Waals surface area contributed by atoms with E-state index in [1.807, 2.05) is 7.05 Å². The van der Waals surface area contributed by atoms with E-state index in [9.17, 15) is 8.42 Å². The van der Waals surface area contributed by atoms with Gasteiger partial charge in [0.15, 0.2) is 15.6 Å². The van der Waals surface area contributed by atoms with Gasteiger partial charge in [-0.05, 0) is 33.7 Å². The van der Waals surface area contributed by atoms with Crippen molar-refractivity contribution in [2.45, 2.75) is 56.6 Å². The van der Waals surface area contributed by atoms with Crippen molar-refractivity contribution in [2.75, 3.05) is 32.6 Å². The minimum absolute atomic E-state index is 0.246. The highest BCUT2D eigenvalue weighted by Gasteiger charge is 2.41. The van der Waals surface area contributed by atoms with Crippen LogP contribution in [0.2, 0.25) is 0 Å². The topological polar surface area (TPSA) is 55.8 Å². The summed E-state index contributed by atoms with van der Waals surface area (Å²) in [6, 6.07) is 0.441. The van der Waals surface area contributed by atoms with Crippen LogP contribution in [0.4, 0.5) is 0 Å². The average molecular weight is 305 g/mol. The van der Waals surface area contributed by atoms with E-state index < -0.39 is 9.84 Å². The molecule has 2 fully saturated rings. The van der Waals surface area contributed by atoms with Crippen molar-refractivity contribution >= 4 is 9.84 Å². The third-order valence-corrected chi connectivity index (χ3v) is 6.79. The van der Waals surface area contributed by atoms with E-state index in [4.69, 9.17) is 9.47 Å². The molecule has 1 aliphatic carbocycles. The first-order valence-corrected chi connectivity index (χ1v) is 9.26. The standard InChI is InChI=1S/C14H27NO4S/c1-12(2)20(16,17)11-8-15(3)13-4-6-14(7-5-13)18-9-10-19-14/h12-13H,4-11H2,1-3H3. The van der Waals surface area contributed by atoms with Crippen LogP contribution in [-0.4, -0.2) is 63.0 Å². The minimum Gasteiger partial charge on any atom is -0.348 e. The van der Waals surface area contributed by atoms with Crippen LogP contribution in [0, 0.1) is 0 Å². The third kappa shape index (κ3) is 3.72. The zero-order valence-corrected chi connectivity index (χ0v) is 13.6. The quantitative estimate of drug-likeness (QED) is 0.769. The Morgan fingerprint density at radius 3 is 2.25 bits per heavy atom. The molecule has 2 rings (SSSR count). The van der Waals surface area contributed by atoms with Gasteiger partial charge in [0.25, 0.3) is 0 Å². The van der Waals surface area contributed by atoms with E-state index in [2.05, 4.69) is 4.90 Å². The van der Waals surface area contributed by atoms with Crippen LogP contribution in [0.15, 0.2) is 0 Å². The van der Waals surface area contributed by atoms with Crippen molar-refractivity contribution < 1.29 is 17.9 Å². The number of sulfone groups is 1. The molecule has 20 heavy (non-hydrogen) atoms. The normalized spacial score (nSPS) is 24.1. The Morgan fingerprint density at radius 2 is 1.75 bits per heavy atom. The summed E-state index contributed by atoms with van der Waals surface area (Å²) in [4.78, 5) is 2.18. The Hall–Kier alpha value is -0.170. The van der Waals surface area contributed by atoms with Gasteiger partial charge in [-0.15, -0.1) is 0 Å². The lowest BCUT2D eigenvalue weighted by Crippen LogP contribution is -2.44. The molecule has 0 amide bonds. The van der Waals surface area contributed by atoms with Gasteiger partial charge in [0, 0.05) is 25.4 Å². The van der Waals surface area contributed by atoms with Crippen molar-refractivity contribution in [3.8, 4) is 0 Å². The van der Waals surface area contributed by atoms with Crippen LogP contribution >= 0.6 is 0 Å². The molecule has 0 aromatic heterocycles. The SMILES string of the molecule is CC(C)S(=O)(=O)CCN(C)C1CCC2(CC1)OCCO2. The fourth-order valence-electron chi connectivity index (χ4n) is 2.96. The molecule has 1 saturated carbocycles. The maximum absolute atomic E-state index is 11.9. The van der Waals surface area contributed by atoms with E-state index in [-0.39, 0.29) is 16.8 Å². The van der Waals surface area contributed by atoms with Crippen LogP contribution in [0.1, 0.15) is 39.5 Å². The Kier molecular flexibility index (Phi) is 5.10. The van der Waals surface area contributed by atoms with Crippen LogP contribution in [-0.2, 0) is 19.3 Å². The molecule has 0 aromatic carbocycles. The molecular weight excluding hydrogens is 278 g/mol. The van der Waals surface area contributed by atoms with Crippen LogP contribution < -0.4 is 0 Å². The minimum atomic E-state index is -2.95. The van der Waals surface area contributed by atoms with Gasteiger partial charge in [0.05, 0.1) is 24.2 Å². The molecule has 2 aliphatic rings. The molecule has 0 N–H and O–H groups in total. The van der Waals surface area contributed by atoms with Crippen molar-refractivity contribution in [3.05, 3.63) is 0 Å². The summed E-state index contributed by atoms with van der Waals surface area (Å²) in [5.74, 6) is -0.0862. The van der Waals surface area contributed by atoms with Crippen molar-refractivity contribution in [3.63, 3.8) is 0 Å². The van der Waals surface area contributed by atoms with Crippen molar-refractivity contribution in [1.82, 2.24) is 4.90 Å². The second-order valence-electron chi connectivity index (χ2n) is 6.24. The lowest BCUT2D eigenvalue weighted by molar-refractivity contribution is -0.183. The fourth-order valence-corrected chi connectivity index (χ4v) is 3.97. The van der Waals surface area contributed by atoms with E-state index in [1.165, 1.54) is 0 Å². The molecule has 0 radical (unpaired) electrons. The van der Waals surface area contributed by atoms with Gasteiger partial charge in [0.1, 0.15) is 0 Å². The van der Waals surface area contributed by atoms with Gasteiger partial charge >= 0.3 is 0 Å². The maximum Gasteiger partial charge on any atom is 0.168 e.